The molecule has 0 aliphatic heterocycles. The summed E-state index contributed by atoms with van der Waals surface area (Å²) in [6, 6.07) is 56.8. The second kappa shape index (κ2) is 9.57. The van der Waals surface area contributed by atoms with E-state index in [4.69, 9.17) is 8.83 Å². The predicted octanol–water partition coefficient (Wildman–Crippen LogP) is 13.4. The van der Waals surface area contributed by atoms with E-state index in [0.29, 0.717) is 0 Å². The molecule has 0 spiro atoms. The van der Waals surface area contributed by atoms with Crippen molar-refractivity contribution >= 4 is 76.2 Å². The summed E-state index contributed by atoms with van der Waals surface area (Å²) in [5.74, 6) is 0. The van der Waals surface area contributed by atoms with Crippen LogP contribution in [0.5, 0.6) is 0 Å². The maximum absolute atomic E-state index is 6.33. The van der Waals surface area contributed by atoms with Gasteiger partial charge in [0.05, 0.1) is 0 Å². The summed E-state index contributed by atoms with van der Waals surface area (Å²) in [5.41, 5.74) is 11.0. The molecule has 0 fully saturated rings. The molecule has 0 saturated heterocycles. The molecule has 2 heteroatoms. The Labute approximate surface area is 275 Å². The van der Waals surface area contributed by atoms with Crippen LogP contribution in [0.4, 0.5) is 0 Å². The molecule has 0 unspecified atom stereocenters. The van der Waals surface area contributed by atoms with Gasteiger partial charge in [-0.2, -0.15) is 0 Å². The van der Waals surface area contributed by atoms with Crippen LogP contribution in [0.2, 0.25) is 0 Å². The average Bonchev–Trinajstić information content (AvgIpc) is 3.72. The third kappa shape index (κ3) is 3.52. The van der Waals surface area contributed by atoms with E-state index in [1.165, 1.54) is 76.5 Å². The summed E-state index contributed by atoms with van der Waals surface area (Å²) >= 11 is 0. The first-order valence-electron chi connectivity index (χ1n) is 16.4. The molecule has 0 aliphatic rings. The van der Waals surface area contributed by atoms with E-state index >= 15 is 0 Å². The minimum atomic E-state index is 0.916. The van der Waals surface area contributed by atoms with Gasteiger partial charge in [-0.05, 0) is 102 Å². The van der Waals surface area contributed by atoms with E-state index in [-0.39, 0.29) is 0 Å². The Bertz CT molecular complexity index is 2990. The zero-order valence-corrected chi connectivity index (χ0v) is 25.8. The quantitative estimate of drug-likeness (QED) is 0.147. The van der Waals surface area contributed by atoms with Crippen molar-refractivity contribution in [3.05, 3.63) is 158 Å². The molecule has 11 rings (SSSR count). The molecule has 0 saturated carbocycles. The molecule has 0 N–H and O–H groups in total. The number of benzene rings is 9. The molecule has 0 radical (unpaired) electrons. The number of hydrogen-bond donors (Lipinski definition) is 0. The average molecular weight is 611 g/mol. The molecule has 0 bridgehead atoms. The number of furan rings is 2. The Balaban J connectivity index is 1.14. The predicted molar refractivity (Wildman–Crippen MR) is 201 cm³/mol. The summed E-state index contributed by atoms with van der Waals surface area (Å²) in [7, 11) is 0. The summed E-state index contributed by atoms with van der Waals surface area (Å²) in [5, 5.41) is 12.1. The summed E-state index contributed by atoms with van der Waals surface area (Å²) in [4.78, 5) is 0. The second-order valence-corrected chi connectivity index (χ2v) is 12.8. The van der Waals surface area contributed by atoms with Gasteiger partial charge in [0, 0.05) is 21.5 Å². The van der Waals surface area contributed by atoms with Crippen molar-refractivity contribution in [2.75, 3.05) is 0 Å². The van der Waals surface area contributed by atoms with E-state index in [1.807, 2.05) is 12.1 Å². The molecular weight excluding hydrogens is 585 g/mol. The van der Waals surface area contributed by atoms with Gasteiger partial charge < -0.3 is 8.83 Å². The van der Waals surface area contributed by atoms with Crippen LogP contribution in [0.15, 0.2) is 167 Å². The molecule has 2 aromatic heterocycles. The summed E-state index contributed by atoms with van der Waals surface area (Å²) < 4.78 is 12.4. The topological polar surface area (TPSA) is 26.3 Å². The van der Waals surface area contributed by atoms with Crippen LogP contribution in [0, 0.1) is 0 Å². The first-order valence-corrected chi connectivity index (χ1v) is 16.4. The van der Waals surface area contributed by atoms with Gasteiger partial charge in [-0.3, -0.25) is 0 Å². The third-order valence-corrected chi connectivity index (χ3v) is 10.2. The summed E-state index contributed by atoms with van der Waals surface area (Å²) in [6.45, 7) is 0. The van der Waals surface area contributed by atoms with Crippen LogP contribution in [-0.4, -0.2) is 0 Å². The van der Waals surface area contributed by atoms with E-state index < -0.39 is 0 Å². The number of para-hydroxylation sites is 1. The fourth-order valence-corrected chi connectivity index (χ4v) is 8.14. The number of rotatable bonds is 3. The lowest BCUT2D eigenvalue weighted by molar-refractivity contribution is 0.668. The van der Waals surface area contributed by atoms with Crippen molar-refractivity contribution in [1.82, 2.24) is 0 Å². The second-order valence-electron chi connectivity index (χ2n) is 12.8. The van der Waals surface area contributed by atoms with Crippen LogP contribution >= 0.6 is 0 Å². The van der Waals surface area contributed by atoms with Gasteiger partial charge in [-0.25, -0.2) is 0 Å². The standard InChI is InChI=1S/C46H26O2/c1-3-13-34-32(11-1)43(28-21-19-27(20-22-28)29-23-24-40-37(25-29)31-10-5-6-16-39(31)47-40)33-12-2-4-14-35(33)45(34)38-26-30-9-7-17-41-44(30)46-36(38)15-8-18-42(46)48-41/h1-26H. The largest absolute Gasteiger partial charge is 0.456 e. The summed E-state index contributed by atoms with van der Waals surface area (Å²) in [6.07, 6.45) is 0. The van der Waals surface area contributed by atoms with Gasteiger partial charge in [0.25, 0.3) is 0 Å². The monoisotopic (exact) mass is 610 g/mol. The Morgan fingerprint density at radius 1 is 0.292 bits per heavy atom. The minimum absolute atomic E-state index is 0.916. The van der Waals surface area contributed by atoms with Crippen molar-refractivity contribution in [2.45, 2.75) is 0 Å². The van der Waals surface area contributed by atoms with Crippen molar-refractivity contribution in [2.24, 2.45) is 0 Å². The molecule has 9 aromatic carbocycles. The number of fused-ring (bicyclic) bond motifs is 5. The van der Waals surface area contributed by atoms with Crippen molar-refractivity contribution < 1.29 is 8.83 Å². The SMILES string of the molecule is c1ccc2c(c1)oc1ccc(-c3ccc(-c4c5ccccc5c(-c5cc6cccc7oc8cccc5c8c67)c5ccccc45)cc3)cc12. The zero-order chi connectivity index (χ0) is 31.3. The van der Waals surface area contributed by atoms with Gasteiger partial charge in [0.2, 0.25) is 0 Å². The van der Waals surface area contributed by atoms with E-state index in [1.54, 1.807) is 0 Å². The molecule has 0 aliphatic carbocycles. The molecule has 48 heavy (non-hydrogen) atoms. The highest BCUT2D eigenvalue weighted by atomic mass is 16.3. The maximum Gasteiger partial charge on any atom is 0.136 e. The molecule has 2 heterocycles. The fraction of sp³-hybridized carbons (Fsp3) is 0. The first kappa shape index (κ1) is 25.8. The normalized spacial score (nSPS) is 12.2. The van der Waals surface area contributed by atoms with Crippen LogP contribution in [-0.2, 0) is 0 Å². The van der Waals surface area contributed by atoms with Crippen LogP contribution in [0.1, 0.15) is 0 Å². The Morgan fingerprint density at radius 2 is 0.812 bits per heavy atom. The fourth-order valence-electron chi connectivity index (χ4n) is 8.14. The van der Waals surface area contributed by atoms with E-state index in [9.17, 15) is 0 Å². The molecule has 0 atom stereocenters. The lowest BCUT2D eigenvalue weighted by Crippen LogP contribution is -1.92. The lowest BCUT2D eigenvalue weighted by atomic mass is 9.83. The van der Waals surface area contributed by atoms with Crippen LogP contribution in [0.3, 0.4) is 0 Å². The highest BCUT2D eigenvalue weighted by Crippen LogP contribution is 2.48. The van der Waals surface area contributed by atoms with Gasteiger partial charge in [0.15, 0.2) is 0 Å². The van der Waals surface area contributed by atoms with Crippen molar-refractivity contribution in [3.63, 3.8) is 0 Å². The van der Waals surface area contributed by atoms with Crippen molar-refractivity contribution in [3.8, 4) is 33.4 Å². The van der Waals surface area contributed by atoms with Gasteiger partial charge >= 0.3 is 0 Å². The Kier molecular flexibility index (Phi) is 5.14. The van der Waals surface area contributed by atoms with Gasteiger partial charge in [-0.1, -0.05) is 121 Å². The number of hydrogen-bond acceptors (Lipinski definition) is 2. The van der Waals surface area contributed by atoms with Crippen LogP contribution < -0.4 is 0 Å². The smallest absolute Gasteiger partial charge is 0.136 e. The highest BCUT2D eigenvalue weighted by Gasteiger charge is 2.21. The molecule has 2 nitrogen and oxygen atoms in total. The molecule has 0 amide bonds. The lowest BCUT2D eigenvalue weighted by Gasteiger charge is -2.19. The minimum Gasteiger partial charge on any atom is -0.456 e. The van der Waals surface area contributed by atoms with E-state index in [2.05, 4.69) is 146 Å². The van der Waals surface area contributed by atoms with Crippen LogP contribution in [0.25, 0.3) is 110 Å². The van der Waals surface area contributed by atoms with Gasteiger partial charge in [-0.15, -0.1) is 0 Å². The molecular formula is C46H26O2. The third-order valence-electron chi connectivity index (χ3n) is 10.2. The zero-order valence-electron chi connectivity index (χ0n) is 25.8. The maximum atomic E-state index is 6.33. The first-order chi connectivity index (χ1) is 23.8. The Morgan fingerprint density at radius 3 is 1.56 bits per heavy atom. The molecule has 222 valence electrons. The van der Waals surface area contributed by atoms with Crippen molar-refractivity contribution in [1.29, 1.82) is 0 Å². The Hall–Kier alpha value is -6.38. The van der Waals surface area contributed by atoms with Gasteiger partial charge in [0.1, 0.15) is 22.3 Å². The molecule has 11 aromatic rings. The van der Waals surface area contributed by atoms with E-state index in [0.717, 1.165) is 33.1 Å². The highest BCUT2D eigenvalue weighted by molar-refractivity contribution is 6.29.